The standard InChI is InChI=1S/C31H34N4OS/c1-20-9-7-11-26(21(20)2)32-31(36)35-19-25-24-10-5-6-13-28(24)37-30(25)34-18-8-12-27(34)29(35)22-14-16-23(17-15-22)33(3)4/h7-9,11-12,14-18,29H,5-6,10,13,19H2,1-4H3,(H,32,36)/t29-/m1/s1. The summed E-state index contributed by atoms with van der Waals surface area (Å²) in [5.41, 5.74) is 9.34. The van der Waals surface area contributed by atoms with E-state index in [1.54, 1.807) is 0 Å². The van der Waals surface area contributed by atoms with Crippen LogP contribution in [0.1, 0.15) is 57.3 Å². The number of rotatable bonds is 3. The molecular formula is C31H34N4OS. The Balaban J connectivity index is 1.49. The van der Waals surface area contributed by atoms with E-state index in [2.05, 4.69) is 91.4 Å². The van der Waals surface area contributed by atoms with E-state index >= 15 is 0 Å². The molecule has 2 aromatic carbocycles. The lowest BCUT2D eigenvalue weighted by atomic mass is 9.95. The molecule has 0 spiro atoms. The minimum Gasteiger partial charge on any atom is -0.378 e. The second kappa shape index (κ2) is 9.42. The molecule has 37 heavy (non-hydrogen) atoms. The molecule has 0 radical (unpaired) electrons. The molecule has 6 heteroatoms. The molecule has 2 amide bonds. The van der Waals surface area contributed by atoms with E-state index in [9.17, 15) is 4.79 Å². The van der Waals surface area contributed by atoms with Crippen LogP contribution >= 0.6 is 11.3 Å². The Kier molecular flexibility index (Phi) is 6.07. The zero-order valence-corrected chi connectivity index (χ0v) is 22.9. The van der Waals surface area contributed by atoms with Gasteiger partial charge in [0.05, 0.1) is 18.3 Å². The lowest BCUT2D eigenvalue weighted by molar-refractivity contribution is 0.194. The number of carbonyl (C=O) groups excluding carboxylic acids is 1. The normalized spacial score (nSPS) is 16.4. The number of hydrogen-bond acceptors (Lipinski definition) is 3. The van der Waals surface area contributed by atoms with Crippen molar-refractivity contribution in [2.24, 2.45) is 0 Å². The molecule has 1 atom stereocenters. The van der Waals surface area contributed by atoms with Crippen molar-refractivity contribution in [1.82, 2.24) is 9.47 Å². The fourth-order valence-corrected chi connectivity index (χ4v) is 7.17. The van der Waals surface area contributed by atoms with Gasteiger partial charge in [-0.25, -0.2) is 4.79 Å². The van der Waals surface area contributed by atoms with Crippen molar-refractivity contribution in [2.75, 3.05) is 24.3 Å². The molecule has 0 saturated carbocycles. The van der Waals surface area contributed by atoms with Crippen LogP contribution in [0.15, 0.2) is 60.8 Å². The molecule has 0 fully saturated rings. The van der Waals surface area contributed by atoms with Crippen LogP contribution in [0.25, 0.3) is 5.00 Å². The monoisotopic (exact) mass is 510 g/mol. The van der Waals surface area contributed by atoms with Gasteiger partial charge < -0.3 is 19.7 Å². The summed E-state index contributed by atoms with van der Waals surface area (Å²) in [5, 5.41) is 4.56. The van der Waals surface area contributed by atoms with E-state index in [1.807, 2.05) is 28.4 Å². The maximum Gasteiger partial charge on any atom is 0.322 e. The molecule has 5 nitrogen and oxygen atoms in total. The van der Waals surface area contributed by atoms with E-state index in [-0.39, 0.29) is 12.1 Å². The Labute approximate surface area is 223 Å². The van der Waals surface area contributed by atoms with Gasteiger partial charge >= 0.3 is 6.03 Å². The maximum atomic E-state index is 14.2. The summed E-state index contributed by atoms with van der Waals surface area (Å²) >= 11 is 1.92. The Hall–Kier alpha value is -3.51. The van der Waals surface area contributed by atoms with Crippen molar-refractivity contribution in [3.8, 4) is 5.00 Å². The molecule has 1 aliphatic carbocycles. The van der Waals surface area contributed by atoms with Crippen LogP contribution < -0.4 is 10.2 Å². The highest BCUT2D eigenvalue weighted by Gasteiger charge is 2.36. The fraction of sp³-hybridized carbons (Fsp3) is 0.323. The predicted octanol–water partition coefficient (Wildman–Crippen LogP) is 7.24. The fourth-order valence-electron chi connectivity index (χ4n) is 5.77. The van der Waals surface area contributed by atoms with Gasteiger partial charge in [0.15, 0.2) is 0 Å². The number of carbonyl (C=O) groups is 1. The number of hydrogen-bond donors (Lipinski definition) is 1. The first-order chi connectivity index (χ1) is 17.9. The molecule has 2 aromatic heterocycles. The predicted molar refractivity (Wildman–Crippen MR) is 153 cm³/mol. The molecule has 190 valence electrons. The van der Waals surface area contributed by atoms with Gasteiger partial charge in [-0.05, 0) is 92.1 Å². The molecule has 3 heterocycles. The van der Waals surface area contributed by atoms with Crippen LogP contribution in [0.2, 0.25) is 0 Å². The Morgan fingerprint density at radius 1 is 0.973 bits per heavy atom. The highest BCUT2D eigenvalue weighted by atomic mass is 32.1. The number of benzene rings is 2. The van der Waals surface area contributed by atoms with Gasteiger partial charge in [0.1, 0.15) is 5.00 Å². The summed E-state index contributed by atoms with van der Waals surface area (Å²) in [5.74, 6) is 0. The lowest BCUT2D eigenvalue weighted by Crippen LogP contribution is -2.38. The summed E-state index contributed by atoms with van der Waals surface area (Å²) in [4.78, 5) is 19.8. The largest absolute Gasteiger partial charge is 0.378 e. The van der Waals surface area contributed by atoms with Crippen LogP contribution in [-0.2, 0) is 19.4 Å². The number of urea groups is 1. The molecule has 0 saturated heterocycles. The SMILES string of the molecule is Cc1cccc(NC(=O)N2Cc3c(sc4c3CCCC4)-n3cccc3[C@H]2c2ccc(N(C)C)cc2)c1C. The van der Waals surface area contributed by atoms with Crippen molar-refractivity contribution < 1.29 is 4.79 Å². The topological polar surface area (TPSA) is 40.5 Å². The molecule has 4 aromatic rings. The number of aryl methyl sites for hydroxylation is 2. The number of thiophene rings is 1. The van der Waals surface area contributed by atoms with Crippen LogP contribution in [-0.4, -0.2) is 29.6 Å². The number of nitrogens with one attached hydrogen (secondary N) is 1. The van der Waals surface area contributed by atoms with Gasteiger partial charge in [-0.2, -0.15) is 0 Å². The van der Waals surface area contributed by atoms with Crippen molar-refractivity contribution >= 4 is 28.7 Å². The highest BCUT2D eigenvalue weighted by Crippen LogP contribution is 2.44. The van der Waals surface area contributed by atoms with Crippen molar-refractivity contribution in [3.63, 3.8) is 0 Å². The van der Waals surface area contributed by atoms with E-state index < -0.39 is 0 Å². The molecule has 0 bridgehead atoms. The van der Waals surface area contributed by atoms with Crippen LogP contribution in [0.3, 0.4) is 0 Å². The highest BCUT2D eigenvalue weighted by molar-refractivity contribution is 7.15. The number of fused-ring (bicyclic) bond motifs is 5. The summed E-state index contributed by atoms with van der Waals surface area (Å²) in [6.45, 7) is 4.76. The van der Waals surface area contributed by atoms with Crippen molar-refractivity contribution in [3.05, 3.63) is 99.2 Å². The molecular weight excluding hydrogens is 476 g/mol. The smallest absolute Gasteiger partial charge is 0.322 e. The zero-order chi connectivity index (χ0) is 25.7. The lowest BCUT2D eigenvalue weighted by Gasteiger charge is -2.32. The molecule has 0 unspecified atom stereocenters. The average molecular weight is 511 g/mol. The number of anilines is 2. The first-order valence-corrected chi connectivity index (χ1v) is 14.0. The molecule has 2 aliphatic rings. The van der Waals surface area contributed by atoms with Crippen molar-refractivity contribution in [1.29, 1.82) is 0 Å². The molecule has 6 rings (SSSR count). The quantitative estimate of drug-likeness (QED) is 0.316. The van der Waals surface area contributed by atoms with Crippen molar-refractivity contribution in [2.45, 2.75) is 52.1 Å². The minimum absolute atomic E-state index is 0.0632. The first-order valence-electron chi connectivity index (χ1n) is 13.1. The van der Waals surface area contributed by atoms with Gasteiger partial charge in [0, 0.05) is 42.1 Å². The van der Waals surface area contributed by atoms with Gasteiger partial charge in [-0.1, -0.05) is 24.3 Å². The summed E-state index contributed by atoms with van der Waals surface area (Å²) in [6, 6.07) is 18.8. The summed E-state index contributed by atoms with van der Waals surface area (Å²) in [7, 11) is 4.10. The minimum atomic E-state index is -0.199. The number of nitrogens with zero attached hydrogens (tertiary/aromatic N) is 3. The van der Waals surface area contributed by atoms with Gasteiger partial charge in [-0.15, -0.1) is 11.3 Å². The van der Waals surface area contributed by atoms with E-state index in [1.165, 1.54) is 39.4 Å². The van der Waals surface area contributed by atoms with E-state index in [0.717, 1.165) is 41.0 Å². The van der Waals surface area contributed by atoms with E-state index in [4.69, 9.17) is 0 Å². The Bertz CT molecular complexity index is 1460. The van der Waals surface area contributed by atoms with Gasteiger partial charge in [-0.3, -0.25) is 0 Å². The zero-order valence-electron chi connectivity index (χ0n) is 22.0. The van der Waals surface area contributed by atoms with Gasteiger partial charge in [0.25, 0.3) is 0 Å². The second-order valence-electron chi connectivity index (χ2n) is 10.5. The van der Waals surface area contributed by atoms with Crippen LogP contribution in [0, 0.1) is 13.8 Å². The maximum absolute atomic E-state index is 14.2. The van der Waals surface area contributed by atoms with Gasteiger partial charge in [0.2, 0.25) is 0 Å². The summed E-state index contributed by atoms with van der Waals surface area (Å²) < 4.78 is 2.34. The summed E-state index contributed by atoms with van der Waals surface area (Å²) in [6.07, 6.45) is 6.89. The second-order valence-corrected chi connectivity index (χ2v) is 11.6. The van der Waals surface area contributed by atoms with E-state index in [0.29, 0.717) is 6.54 Å². The Morgan fingerprint density at radius 2 is 1.76 bits per heavy atom. The van der Waals surface area contributed by atoms with Crippen LogP contribution in [0.4, 0.5) is 16.2 Å². The number of aromatic nitrogens is 1. The third kappa shape index (κ3) is 4.13. The Morgan fingerprint density at radius 3 is 2.54 bits per heavy atom. The third-order valence-electron chi connectivity index (χ3n) is 8.01. The first kappa shape index (κ1) is 23.9. The molecule has 1 N–H and O–H groups in total. The third-order valence-corrected chi connectivity index (χ3v) is 9.34. The van der Waals surface area contributed by atoms with Crippen LogP contribution in [0.5, 0.6) is 0 Å². The average Bonchev–Trinajstić information content (AvgIpc) is 3.48. The molecule has 1 aliphatic heterocycles. The number of amides is 2.